The first-order valence-electron chi connectivity index (χ1n) is 8.69. The van der Waals surface area contributed by atoms with Crippen LogP contribution >= 0.6 is 0 Å². The van der Waals surface area contributed by atoms with Gasteiger partial charge in [-0.05, 0) is 72.0 Å². The van der Waals surface area contributed by atoms with Crippen molar-refractivity contribution in [3.63, 3.8) is 0 Å². The summed E-state index contributed by atoms with van der Waals surface area (Å²) in [5.41, 5.74) is 0. The van der Waals surface area contributed by atoms with E-state index in [1.54, 1.807) is 12.8 Å². The zero-order chi connectivity index (χ0) is 12.6. The molecule has 0 radical (unpaired) electrons. The molecule has 10 unspecified atom stereocenters. The molecule has 18 heavy (non-hydrogen) atoms. The summed E-state index contributed by atoms with van der Waals surface area (Å²) < 4.78 is 0. The van der Waals surface area contributed by atoms with Crippen LogP contribution in [0, 0.1) is 59.2 Å². The molecule has 4 aliphatic rings. The van der Waals surface area contributed by atoms with Crippen LogP contribution in [0.2, 0.25) is 0 Å². The maximum atomic E-state index is 2.57. The summed E-state index contributed by atoms with van der Waals surface area (Å²) in [4.78, 5) is 0. The summed E-state index contributed by atoms with van der Waals surface area (Å²) in [5, 5.41) is 0. The van der Waals surface area contributed by atoms with Crippen molar-refractivity contribution in [3.05, 3.63) is 0 Å². The molecule has 4 bridgehead atoms. The molecule has 0 aromatic rings. The summed E-state index contributed by atoms with van der Waals surface area (Å²) in [6.45, 7) is 10.1. The molecule has 10 atom stereocenters. The van der Waals surface area contributed by atoms with E-state index < -0.39 is 0 Å². The van der Waals surface area contributed by atoms with Crippen LogP contribution in [0.5, 0.6) is 0 Å². The van der Waals surface area contributed by atoms with Crippen LogP contribution in [0.25, 0.3) is 0 Å². The van der Waals surface area contributed by atoms with Crippen molar-refractivity contribution in [2.45, 2.75) is 53.4 Å². The molecular formula is C18H30. The van der Waals surface area contributed by atoms with Crippen LogP contribution in [0.1, 0.15) is 53.4 Å². The minimum absolute atomic E-state index is 1.04. The number of rotatable bonds is 2. The van der Waals surface area contributed by atoms with Gasteiger partial charge in [-0.3, -0.25) is 0 Å². The van der Waals surface area contributed by atoms with E-state index in [9.17, 15) is 0 Å². The minimum Gasteiger partial charge on any atom is -0.0651 e. The van der Waals surface area contributed by atoms with E-state index >= 15 is 0 Å². The van der Waals surface area contributed by atoms with Gasteiger partial charge in [0.1, 0.15) is 0 Å². The maximum absolute atomic E-state index is 2.57. The third-order valence-corrected chi connectivity index (χ3v) is 8.28. The van der Waals surface area contributed by atoms with E-state index in [0.717, 1.165) is 47.3 Å². The fourth-order valence-electron chi connectivity index (χ4n) is 7.71. The zero-order valence-corrected chi connectivity index (χ0v) is 12.6. The maximum Gasteiger partial charge on any atom is -0.0318 e. The third-order valence-electron chi connectivity index (χ3n) is 8.28. The SMILES string of the molecule is CCC1C(CC)C2CC1C1C3CC(C(C)C3C)C21. The van der Waals surface area contributed by atoms with Crippen LogP contribution in [0.4, 0.5) is 0 Å². The molecule has 4 saturated carbocycles. The molecule has 102 valence electrons. The van der Waals surface area contributed by atoms with Gasteiger partial charge in [0, 0.05) is 0 Å². The van der Waals surface area contributed by atoms with E-state index in [1.807, 2.05) is 0 Å². The summed E-state index contributed by atoms with van der Waals surface area (Å²) in [6.07, 6.45) is 6.16. The lowest BCUT2D eigenvalue weighted by atomic mass is 9.58. The standard InChI is InChI=1S/C18H30/c1-5-11-12(6-2)16-8-15(11)17-13-7-14(18(16)17)10(4)9(13)3/h9-18H,5-8H2,1-4H3. The fraction of sp³-hybridized carbons (Fsp3) is 1.00. The Morgan fingerprint density at radius 1 is 0.667 bits per heavy atom. The average Bonchev–Trinajstić information content (AvgIpc) is 3.07. The molecule has 4 aliphatic carbocycles. The molecule has 0 heteroatoms. The first-order chi connectivity index (χ1) is 8.69. The molecule has 0 saturated heterocycles. The van der Waals surface area contributed by atoms with Crippen LogP contribution in [-0.4, -0.2) is 0 Å². The predicted octanol–water partition coefficient (Wildman–Crippen LogP) is 4.84. The van der Waals surface area contributed by atoms with E-state index in [0.29, 0.717) is 0 Å². The van der Waals surface area contributed by atoms with Crippen LogP contribution < -0.4 is 0 Å². The molecule has 0 aliphatic heterocycles. The Bertz CT molecular complexity index is 314. The Morgan fingerprint density at radius 3 is 1.44 bits per heavy atom. The molecule has 0 spiro atoms. The Hall–Kier alpha value is 0. The van der Waals surface area contributed by atoms with Gasteiger partial charge in [-0.15, -0.1) is 0 Å². The number of hydrogen-bond acceptors (Lipinski definition) is 0. The quantitative estimate of drug-likeness (QED) is 0.611. The second kappa shape index (κ2) is 3.76. The molecule has 0 amide bonds. The largest absolute Gasteiger partial charge is 0.0651 e. The Balaban J connectivity index is 1.68. The second-order valence-corrected chi connectivity index (χ2v) is 8.14. The normalized spacial score (nSPS) is 64.7. The van der Waals surface area contributed by atoms with Crippen LogP contribution in [0.15, 0.2) is 0 Å². The lowest BCUT2D eigenvalue weighted by molar-refractivity contribution is 0.0108. The van der Waals surface area contributed by atoms with Gasteiger partial charge in [0.05, 0.1) is 0 Å². The fourth-order valence-corrected chi connectivity index (χ4v) is 7.71. The number of fused-ring (bicyclic) bond motifs is 9. The first-order valence-corrected chi connectivity index (χ1v) is 8.69. The molecule has 0 aromatic heterocycles. The molecule has 0 N–H and O–H groups in total. The molecule has 4 fully saturated rings. The monoisotopic (exact) mass is 246 g/mol. The lowest BCUT2D eigenvalue weighted by Crippen LogP contribution is -2.42. The smallest absolute Gasteiger partial charge is 0.0318 e. The highest BCUT2D eigenvalue weighted by Gasteiger charge is 2.67. The van der Waals surface area contributed by atoms with Crippen LogP contribution in [0.3, 0.4) is 0 Å². The Morgan fingerprint density at radius 2 is 1.06 bits per heavy atom. The van der Waals surface area contributed by atoms with E-state index in [-0.39, 0.29) is 0 Å². The summed E-state index contributed by atoms with van der Waals surface area (Å²) in [7, 11) is 0. The second-order valence-electron chi connectivity index (χ2n) is 8.14. The lowest BCUT2D eigenvalue weighted by Gasteiger charge is -2.46. The van der Waals surface area contributed by atoms with Gasteiger partial charge in [-0.2, -0.15) is 0 Å². The highest BCUT2D eigenvalue weighted by molar-refractivity contribution is 5.15. The summed E-state index contributed by atoms with van der Waals surface area (Å²) in [5.74, 6) is 11.1. The van der Waals surface area contributed by atoms with Gasteiger partial charge in [0.2, 0.25) is 0 Å². The molecule has 4 rings (SSSR count). The van der Waals surface area contributed by atoms with Crippen molar-refractivity contribution in [1.82, 2.24) is 0 Å². The number of hydrogen-bond donors (Lipinski definition) is 0. The van der Waals surface area contributed by atoms with Gasteiger partial charge in [0.25, 0.3) is 0 Å². The van der Waals surface area contributed by atoms with Gasteiger partial charge in [-0.1, -0.05) is 40.5 Å². The van der Waals surface area contributed by atoms with Crippen molar-refractivity contribution in [2.75, 3.05) is 0 Å². The highest BCUT2D eigenvalue weighted by Crippen LogP contribution is 2.73. The highest BCUT2D eigenvalue weighted by atomic mass is 14.7. The Labute approximate surface area is 113 Å². The van der Waals surface area contributed by atoms with Crippen LogP contribution in [-0.2, 0) is 0 Å². The Kier molecular flexibility index (Phi) is 2.47. The summed E-state index contributed by atoms with van der Waals surface area (Å²) in [6, 6.07) is 0. The van der Waals surface area contributed by atoms with E-state index in [4.69, 9.17) is 0 Å². The van der Waals surface area contributed by atoms with E-state index in [1.165, 1.54) is 24.7 Å². The van der Waals surface area contributed by atoms with Gasteiger partial charge >= 0.3 is 0 Å². The summed E-state index contributed by atoms with van der Waals surface area (Å²) >= 11 is 0. The van der Waals surface area contributed by atoms with Gasteiger partial charge in [0.15, 0.2) is 0 Å². The van der Waals surface area contributed by atoms with Crippen molar-refractivity contribution in [3.8, 4) is 0 Å². The minimum atomic E-state index is 1.04. The predicted molar refractivity (Wildman–Crippen MR) is 76.1 cm³/mol. The van der Waals surface area contributed by atoms with Crippen molar-refractivity contribution in [2.24, 2.45) is 59.2 Å². The van der Waals surface area contributed by atoms with Gasteiger partial charge < -0.3 is 0 Å². The zero-order valence-electron chi connectivity index (χ0n) is 12.6. The third kappa shape index (κ3) is 1.15. The van der Waals surface area contributed by atoms with Crippen molar-refractivity contribution in [1.29, 1.82) is 0 Å². The molecule has 0 heterocycles. The van der Waals surface area contributed by atoms with E-state index in [2.05, 4.69) is 27.7 Å². The molecule has 0 aromatic carbocycles. The first kappa shape index (κ1) is 11.8. The average molecular weight is 246 g/mol. The topological polar surface area (TPSA) is 0 Å². The molecule has 0 nitrogen and oxygen atoms in total. The van der Waals surface area contributed by atoms with Gasteiger partial charge in [-0.25, -0.2) is 0 Å². The van der Waals surface area contributed by atoms with Crippen molar-refractivity contribution < 1.29 is 0 Å². The molecular weight excluding hydrogens is 216 g/mol. The van der Waals surface area contributed by atoms with Crippen molar-refractivity contribution >= 4 is 0 Å².